The second kappa shape index (κ2) is 20.9. The van der Waals surface area contributed by atoms with E-state index in [-0.39, 0.29) is 0 Å². The molecule has 0 spiro atoms. The molecule has 0 radical (unpaired) electrons. The Balaban J connectivity index is 1.02. The maximum absolute atomic E-state index is 6.08. The summed E-state index contributed by atoms with van der Waals surface area (Å²) in [5.74, 6) is 1.59. The molecule has 8 heteroatoms. The number of pyridine rings is 3. The summed E-state index contributed by atoms with van der Waals surface area (Å²) in [5, 5.41) is 10.5. The van der Waals surface area contributed by atoms with Crippen LogP contribution in [0.3, 0.4) is 0 Å². The maximum Gasteiger partial charge on any atom is 0.184 e. The van der Waals surface area contributed by atoms with Crippen LogP contribution in [0.1, 0.15) is 0 Å². The zero-order chi connectivity index (χ0) is 55.2. The number of benzene rings is 10. The number of hydrogen-bond acceptors (Lipinski definition) is 6. The molecule has 392 valence electrons. The van der Waals surface area contributed by atoms with Gasteiger partial charge in [-0.25, -0.2) is 4.98 Å². The normalized spacial score (nSPS) is 13.4. The van der Waals surface area contributed by atoms with Crippen LogP contribution in [0.15, 0.2) is 328 Å². The molecule has 0 bridgehead atoms. The first kappa shape index (κ1) is 49.5. The third-order valence-corrected chi connectivity index (χ3v) is 26.5. The van der Waals surface area contributed by atoms with Crippen LogP contribution in [0.5, 0.6) is 0 Å². The standard InChI is InChI=1S/C75H54N6Si2/c1-5-21-62(22-6-1)82(63-23-7-2-8-24-63)70-33-17-13-29-66(70)80(67-30-14-18-34-71(67)82)74-53-61(79(59-41-37-55(38-42-59)57-45-49-76-50-46-57)60-43-39-56(40-44-60)58-47-51-77-52-48-58)54-75(78-74)81-68-31-15-19-35-72(68)83(64-25-9-3-10-26-64,65-27-11-4-12-28-65)73-36-20-16-32-69(73)81/h1-54H. The topological polar surface area (TPSA) is 48.4 Å². The zero-order valence-corrected chi connectivity index (χ0v) is 47.4. The van der Waals surface area contributed by atoms with Crippen molar-refractivity contribution in [3.8, 4) is 22.3 Å². The smallest absolute Gasteiger partial charge is 0.184 e. The SMILES string of the molecule is c1ccc([Si]2(c3ccccc3)c3ccccc3N(c3cc(N(c4ccc(-c5ccncc5)cc4)c4ccc(-c5ccncc5)cc4)cc(N4c5ccccc5[Si](c5ccccc5)(c5ccccc5)c5ccccc54)n3)c3ccccc32)cc1. The number of rotatable bonds is 11. The van der Waals surface area contributed by atoms with Crippen LogP contribution in [0.4, 0.5) is 51.4 Å². The molecular weight excluding hydrogens is 1040 g/mol. The molecule has 0 saturated heterocycles. The molecule has 0 amide bonds. The molecule has 13 aromatic rings. The molecule has 0 unspecified atom stereocenters. The van der Waals surface area contributed by atoms with E-state index in [2.05, 4.69) is 328 Å². The molecule has 0 fully saturated rings. The Hall–Kier alpha value is -10.5. The van der Waals surface area contributed by atoms with Crippen molar-refractivity contribution in [2.75, 3.05) is 14.7 Å². The molecule has 10 aromatic carbocycles. The van der Waals surface area contributed by atoms with Gasteiger partial charge < -0.3 is 4.90 Å². The van der Waals surface area contributed by atoms with Gasteiger partial charge in [-0.05, 0) is 137 Å². The minimum absolute atomic E-state index is 0.795. The molecule has 5 heterocycles. The third kappa shape index (κ3) is 8.17. The summed E-state index contributed by atoms with van der Waals surface area (Å²) in [6.07, 6.45) is 7.41. The van der Waals surface area contributed by atoms with Crippen LogP contribution >= 0.6 is 0 Å². The summed E-state index contributed by atoms with van der Waals surface area (Å²) >= 11 is 0. The number of hydrogen-bond donors (Lipinski definition) is 0. The Morgan fingerprint density at radius 1 is 0.253 bits per heavy atom. The lowest BCUT2D eigenvalue weighted by atomic mass is 10.0. The van der Waals surface area contributed by atoms with Gasteiger partial charge in [0.25, 0.3) is 0 Å². The summed E-state index contributed by atoms with van der Waals surface area (Å²) in [6, 6.07) is 112. The van der Waals surface area contributed by atoms with Gasteiger partial charge in [-0.2, -0.15) is 0 Å². The Bertz CT molecular complexity index is 3980. The molecule has 0 aliphatic carbocycles. The highest BCUT2D eigenvalue weighted by Gasteiger charge is 2.51. The molecule has 3 aromatic heterocycles. The second-order valence-electron chi connectivity index (χ2n) is 21.1. The Morgan fingerprint density at radius 2 is 0.518 bits per heavy atom. The van der Waals surface area contributed by atoms with Crippen molar-refractivity contribution in [2.24, 2.45) is 0 Å². The van der Waals surface area contributed by atoms with Crippen molar-refractivity contribution in [1.29, 1.82) is 0 Å². The first-order valence-corrected chi connectivity index (χ1v) is 32.2. The van der Waals surface area contributed by atoms with Crippen molar-refractivity contribution in [3.05, 3.63) is 328 Å². The summed E-state index contributed by atoms with van der Waals surface area (Å²) in [7, 11) is -5.95. The molecule has 15 rings (SSSR count). The first-order valence-electron chi connectivity index (χ1n) is 28.2. The lowest BCUT2D eigenvalue weighted by Gasteiger charge is -2.46. The summed E-state index contributed by atoms with van der Waals surface area (Å²) in [4.78, 5) is 22.0. The van der Waals surface area contributed by atoms with Gasteiger partial charge >= 0.3 is 0 Å². The molecular formula is C75H54N6Si2. The summed E-state index contributed by atoms with van der Waals surface area (Å²) in [6.45, 7) is 0. The van der Waals surface area contributed by atoms with Crippen molar-refractivity contribution in [1.82, 2.24) is 15.0 Å². The maximum atomic E-state index is 6.08. The Morgan fingerprint density at radius 3 is 0.819 bits per heavy atom. The fourth-order valence-corrected chi connectivity index (χ4v) is 23.5. The molecule has 0 N–H and O–H groups in total. The average Bonchev–Trinajstić information content (AvgIpc) is 2.87. The van der Waals surface area contributed by atoms with E-state index in [1.54, 1.807) is 0 Å². The van der Waals surface area contributed by atoms with Crippen LogP contribution < -0.4 is 56.2 Å². The van der Waals surface area contributed by atoms with Crippen molar-refractivity contribution in [3.63, 3.8) is 0 Å². The minimum atomic E-state index is -2.97. The van der Waals surface area contributed by atoms with E-state index in [9.17, 15) is 0 Å². The van der Waals surface area contributed by atoms with Crippen LogP contribution in [0, 0.1) is 0 Å². The first-order chi connectivity index (χ1) is 41.2. The minimum Gasteiger partial charge on any atom is -0.310 e. The van der Waals surface area contributed by atoms with E-state index in [0.717, 1.165) is 73.7 Å². The number of para-hydroxylation sites is 4. The third-order valence-electron chi connectivity index (χ3n) is 16.8. The molecule has 0 saturated carbocycles. The van der Waals surface area contributed by atoms with E-state index in [4.69, 9.17) is 4.98 Å². The Labute approximate surface area is 486 Å². The highest BCUT2D eigenvalue weighted by atomic mass is 28.3. The second-order valence-corrected chi connectivity index (χ2v) is 28.6. The van der Waals surface area contributed by atoms with Crippen molar-refractivity contribution < 1.29 is 0 Å². The predicted molar refractivity (Wildman–Crippen MR) is 349 cm³/mol. The molecule has 2 aliphatic heterocycles. The van der Waals surface area contributed by atoms with E-state index >= 15 is 0 Å². The summed E-state index contributed by atoms with van der Waals surface area (Å²) in [5.41, 5.74) is 11.8. The molecule has 2 aliphatic rings. The van der Waals surface area contributed by atoms with E-state index in [1.165, 1.54) is 41.5 Å². The van der Waals surface area contributed by atoms with Gasteiger partial charge in [0.2, 0.25) is 0 Å². The fourth-order valence-electron chi connectivity index (χ4n) is 13.3. The van der Waals surface area contributed by atoms with Gasteiger partial charge in [-0.1, -0.05) is 218 Å². The number of anilines is 9. The van der Waals surface area contributed by atoms with Crippen molar-refractivity contribution in [2.45, 2.75) is 0 Å². The molecule has 83 heavy (non-hydrogen) atoms. The van der Waals surface area contributed by atoms with Crippen LogP contribution in [-0.2, 0) is 0 Å². The van der Waals surface area contributed by atoms with Gasteiger partial charge in [0.1, 0.15) is 11.6 Å². The zero-order valence-electron chi connectivity index (χ0n) is 45.4. The molecule has 6 nitrogen and oxygen atoms in total. The lowest BCUT2D eigenvalue weighted by Crippen LogP contribution is -2.77. The Kier molecular flexibility index (Phi) is 12.4. The van der Waals surface area contributed by atoms with Crippen LogP contribution in [0.2, 0.25) is 0 Å². The van der Waals surface area contributed by atoms with Crippen LogP contribution in [-0.4, -0.2) is 31.1 Å². The fraction of sp³-hybridized carbons (Fsp3) is 0. The van der Waals surface area contributed by atoms with Crippen molar-refractivity contribution >= 4 is 109 Å². The number of aromatic nitrogens is 3. The van der Waals surface area contributed by atoms with Crippen LogP contribution in [0.25, 0.3) is 22.3 Å². The monoisotopic (exact) mass is 1090 g/mol. The highest BCUT2D eigenvalue weighted by Crippen LogP contribution is 2.46. The van der Waals surface area contributed by atoms with Gasteiger partial charge in [-0.3, -0.25) is 19.8 Å². The van der Waals surface area contributed by atoms with E-state index in [0.29, 0.717) is 0 Å². The van der Waals surface area contributed by atoms with E-state index < -0.39 is 16.1 Å². The summed E-state index contributed by atoms with van der Waals surface area (Å²) < 4.78 is 0. The van der Waals surface area contributed by atoms with Gasteiger partial charge in [-0.15, -0.1) is 0 Å². The van der Waals surface area contributed by atoms with E-state index in [1.807, 2.05) is 24.8 Å². The number of fused-ring (bicyclic) bond motifs is 4. The van der Waals surface area contributed by atoms with Gasteiger partial charge in [0, 0.05) is 71.0 Å². The lowest BCUT2D eigenvalue weighted by molar-refractivity contribution is 1.12. The largest absolute Gasteiger partial charge is 0.310 e. The number of nitrogens with zero attached hydrogens (tertiary/aromatic N) is 6. The van der Waals surface area contributed by atoms with Gasteiger partial charge in [0.05, 0.1) is 5.69 Å². The molecule has 0 atom stereocenters. The van der Waals surface area contributed by atoms with Gasteiger partial charge in [0.15, 0.2) is 16.1 Å². The average molecular weight is 1100 g/mol. The quantitative estimate of drug-likeness (QED) is 0.120. The predicted octanol–water partition coefficient (Wildman–Crippen LogP) is 13.0. The highest BCUT2D eigenvalue weighted by molar-refractivity contribution is 7.22.